The number of H-pyrrole nitrogens is 1. The number of hydrogen-bond donors (Lipinski definition) is 1. The fraction of sp³-hybridized carbons (Fsp3) is 0.238. The van der Waals surface area contributed by atoms with Crippen molar-refractivity contribution in [1.29, 1.82) is 5.26 Å². The number of pyridine rings is 1. The van der Waals surface area contributed by atoms with Gasteiger partial charge in [-0.2, -0.15) is 5.26 Å². The second kappa shape index (κ2) is 5.92. The summed E-state index contributed by atoms with van der Waals surface area (Å²) in [7, 11) is 0. The van der Waals surface area contributed by atoms with Crippen LogP contribution in [0.3, 0.4) is 0 Å². The van der Waals surface area contributed by atoms with E-state index in [9.17, 15) is 10.1 Å². The van der Waals surface area contributed by atoms with Gasteiger partial charge in [-0.3, -0.25) is 4.57 Å². The number of aromatic amines is 1. The summed E-state index contributed by atoms with van der Waals surface area (Å²) in [4.78, 5) is 20.0. The third-order valence-electron chi connectivity index (χ3n) is 5.57. The molecule has 7 nitrogen and oxygen atoms in total. The molecule has 1 unspecified atom stereocenters. The van der Waals surface area contributed by atoms with Crippen LogP contribution in [0, 0.1) is 25.2 Å². The van der Waals surface area contributed by atoms with Crippen LogP contribution in [0.25, 0.3) is 22.2 Å². The molecular formula is C21H17N5O2. The highest BCUT2D eigenvalue weighted by Crippen LogP contribution is 2.40. The number of nitrogens with zero attached hydrogens (tertiary/aromatic N) is 4. The van der Waals surface area contributed by atoms with Gasteiger partial charge in [0.25, 0.3) is 0 Å². The van der Waals surface area contributed by atoms with Gasteiger partial charge < -0.3 is 9.51 Å². The largest absolute Gasteiger partial charge is 0.361 e. The zero-order chi connectivity index (χ0) is 19.4. The molecule has 0 saturated carbocycles. The first-order valence-electron chi connectivity index (χ1n) is 9.14. The molecule has 0 bridgehead atoms. The van der Waals surface area contributed by atoms with Gasteiger partial charge in [0.15, 0.2) is 0 Å². The summed E-state index contributed by atoms with van der Waals surface area (Å²) in [5, 5.41) is 13.5. The van der Waals surface area contributed by atoms with Crippen LogP contribution in [0.15, 0.2) is 39.8 Å². The van der Waals surface area contributed by atoms with E-state index >= 15 is 0 Å². The van der Waals surface area contributed by atoms with Crippen molar-refractivity contribution in [3.05, 3.63) is 69.2 Å². The molecule has 28 heavy (non-hydrogen) atoms. The maximum Gasteiger partial charge on any atom is 0.327 e. The fourth-order valence-corrected chi connectivity index (χ4v) is 4.43. The van der Waals surface area contributed by atoms with Crippen LogP contribution >= 0.6 is 0 Å². The first kappa shape index (κ1) is 16.5. The SMILES string of the molecule is Cc1noc(C)c1-c1ccc2[nH]c(=O)n3c2c1CCC3c1cccnc1C#N. The van der Waals surface area contributed by atoms with E-state index in [1.807, 2.05) is 32.0 Å². The highest BCUT2D eigenvalue weighted by atomic mass is 16.5. The molecule has 138 valence electrons. The van der Waals surface area contributed by atoms with Crippen LogP contribution in [0.5, 0.6) is 0 Å². The average molecular weight is 371 g/mol. The van der Waals surface area contributed by atoms with Crippen molar-refractivity contribution in [2.75, 3.05) is 0 Å². The molecule has 1 aliphatic rings. The van der Waals surface area contributed by atoms with E-state index in [4.69, 9.17) is 4.52 Å². The van der Waals surface area contributed by atoms with Crippen LogP contribution in [-0.2, 0) is 6.42 Å². The molecule has 3 aromatic heterocycles. The van der Waals surface area contributed by atoms with Gasteiger partial charge in [-0.05, 0) is 49.9 Å². The van der Waals surface area contributed by atoms with E-state index in [1.54, 1.807) is 16.8 Å². The van der Waals surface area contributed by atoms with Gasteiger partial charge in [-0.25, -0.2) is 9.78 Å². The standard InChI is InChI=1S/C21H17N5O2/c1-11-19(12(2)28-25-11)13-5-7-16-20-14(13)6-8-18(26(20)21(27)24-16)15-4-3-9-23-17(15)10-22/h3-5,7,9,18H,6,8H2,1-2H3,(H,24,27). The number of hydrogen-bond acceptors (Lipinski definition) is 5. The lowest BCUT2D eigenvalue weighted by Crippen LogP contribution is -2.27. The minimum Gasteiger partial charge on any atom is -0.361 e. The Kier molecular flexibility index (Phi) is 3.49. The van der Waals surface area contributed by atoms with Crippen LogP contribution in [0.2, 0.25) is 0 Å². The third kappa shape index (κ3) is 2.18. The Morgan fingerprint density at radius 3 is 2.93 bits per heavy atom. The molecule has 4 heterocycles. The predicted octanol–water partition coefficient (Wildman–Crippen LogP) is 3.40. The van der Waals surface area contributed by atoms with Crippen LogP contribution in [-0.4, -0.2) is 19.7 Å². The molecule has 0 radical (unpaired) electrons. The van der Waals surface area contributed by atoms with Gasteiger partial charge in [0.1, 0.15) is 17.5 Å². The number of imidazole rings is 1. The minimum absolute atomic E-state index is 0.176. The molecule has 7 heteroatoms. The molecule has 1 N–H and O–H groups in total. The highest BCUT2D eigenvalue weighted by molar-refractivity contribution is 5.89. The van der Waals surface area contributed by atoms with Gasteiger partial charge in [-0.1, -0.05) is 17.3 Å². The Labute approximate surface area is 160 Å². The molecule has 0 aliphatic carbocycles. The molecule has 0 amide bonds. The Hall–Kier alpha value is -3.66. The van der Waals surface area contributed by atoms with E-state index in [-0.39, 0.29) is 11.7 Å². The van der Waals surface area contributed by atoms with E-state index in [0.717, 1.165) is 51.2 Å². The highest BCUT2D eigenvalue weighted by Gasteiger charge is 2.30. The smallest absolute Gasteiger partial charge is 0.327 e. The fourth-order valence-electron chi connectivity index (χ4n) is 4.43. The Bertz CT molecular complexity index is 1320. The maximum atomic E-state index is 12.8. The number of benzene rings is 1. The van der Waals surface area contributed by atoms with Gasteiger partial charge in [0.2, 0.25) is 0 Å². The first-order chi connectivity index (χ1) is 13.6. The van der Waals surface area contributed by atoms with E-state index < -0.39 is 0 Å². The number of nitrogens with one attached hydrogen (secondary N) is 1. The summed E-state index contributed by atoms with van der Waals surface area (Å²) >= 11 is 0. The van der Waals surface area contributed by atoms with Gasteiger partial charge in [-0.15, -0.1) is 0 Å². The van der Waals surface area contributed by atoms with Gasteiger partial charge in [0.05, 0.1) is 22.8 Å². The molecule has 4 aromatic rings. The van der Waals surface area contributed by atoms with Gasteiger partial charge in [0, 0.05) is 17.3 Å². The number of nitriles is 1. The molecule has 1 aliphatic heterocycles. The third-order valence-corrected chi connectivity index (χ3v) is 5.57. The summed E-state index contributed by atoms with van der Waals surface area (Å²) in [6.45, 7) is 3.82. The maximum absolute atomic E-state index is 12.8. The topological polar surface area (TPSA) is 100 Å². The Balaban J connectivity index is 1.81. The Morgan fingerprint density at radius 2 is 2.18 bits per heavy atom. The van der Waals surface area contributed by atoms with Crippen molar-refractivity contribution >= 4 is 11.0 Å². The summed E-state index contributed by atoms with van der Waals surface area (Å²) in [6.07, 6.45) is 3.09. The van der Waals surface area contributed by atoms with E-state index in [0.29, 0.717) is 12.1 Å². The lowest BCUT2D eigenvalue weighted by Gasteiger charge is -2.26. The minimum atomic E-state index is -0.225. The summed E-state index contributed by atoms with van der Waals surface area (Å²) < 4.78 is 7.14. The van der Waals surface area contributed by atoms with Crippen molar-refractivity contribution in [2.24, 2.45) is 0 Å². The zero-order valence-corrected chi connectivity index (χ0v) is 15.5. The van der Waals surface area contributed by atoms with Crippen LogP contribution in [0.4, 0.5) is 0 Å². The summed E-state index contributed by atoms with van der Waals surface area (Å²) in [5.41, 5.74) is 6.60. The average Bonchev–Trinajstić information content (AvgIpc) is 3.23. The summed E-state index contributed by atoms with van der Waals surface area (Å²) in [6, 6.07) is 9.56. The molecular weight excluding hydrogens is 354 g/mol. The second-order valence-electron chi connectivity index (χ2n) is 7.09. The van der Waals surface area contributed by atoms with Crippen molar-refractivity contribution in [2.45, 2.75) is 32.7 Å². The lowest BCUT2D eigenvalue weighted by molar-refractivity contribution is 0.393. The number of aryl methyl sites for hydroxylation is 3. The van der Waals surface area contributed by atoms with E-state index in [1.165, 1.54) is 0 Å². The summed E-state index contributed by atoms with van der Waals surface area (Å²) in [5.74, 6) is 0.763. The number of rotatable bonds is 2. The van der Waals surface area contributed by atoms with Gasteiger partial charge >= 0.3 is 5.69 Å². The van der Waals surface area contributed by atoms with Crippen molar-refractivity contribution in [3.63, 3.8) is 0 Å². The monoisotopic (exact) mass is 371 g/mol. The van der Waals surface area contributed by atoms with E-state index in [2.05, 4.69) is 21.2 Å². The van der Waals surface area contributed by atoms with Crippen molar-refractivity contribution in [1.82, 2.24) is 19.7 Å². The molecule has 0 saturated heterocycles. The quantitative estimate of drug-likeness (QED) is 0.582. The van der Waals surface area contributed by atoms with Crippen LogP contribution in [0.1, 0.15) is 40.7 Å². The molecule has 0 fully saturated rings. The zero-order valence-electron chi connectivity index (χ0n) is 15.5. The van der Waals surface area contributed by atoms with Crippen LogP contribution < -0.4 is 5.69 Å². The normalized spacial score (nSPS) is 15.7. The first-order valence-corrected chi connectivity index (χ1v) is 9.14. The predicted molar refractivity (Wildman–Crippen MR) is 103 cm³/mol. The lowest BCUT2D eigenvalue weighted by atomic mass is 9.88. The Morgan fingerprint density at radius 1 is 1.32 bits per heavy atom. The molecule has 1 atom stereocenters. The van der Waals surface area contributed by atoms with Crippen molar-refractivity contribution in [3.8, 4) is 17.2 Å². The number of aromatic nitrogens is 4. The molecule has 0 spiro atoms. The molecule has 1 aromatic carbocycles. The molecule has 5 rings (SSSR count). The second-order valence-corrected chi connectivity index (χ2v) is 7.09. The van der Waals surface area contributed by atoms with Crippen molar-refractivity contribution < 1.29 is 4.52 Å².